The number of aryl methyl sites for hydroxylation is 1. The van der Waals surface area contributed by atoms with Gasteiger partial charge in [0.05, 0.1) is 0 Å². The fourth-order valence-corrected chi connectivity index (χ4v) is 1.61. The monoisotopic (exact) mass is 305 g/mol. The van der Waals surface area contributed by atoms with Crippen molar-refractivity contribution in [3.8, 4) is 0 Å². The molecule has 7 heteroatoms. The molecule has 2 rings (SSSR count). The van der Waals surface area contributed by atoms with Crippen LogP contribution in [0.25, 0.3) is 11.1 Å². The van der Waals surface area contributed by atoms with Gasteiger partial charge in [-0.1, -0.05) is 0 Å². The summed E-state index contributed by atoms with van der Waals surface area (Å²) in [7, 11) is 0. The lowest BCUT2D eigenvalue weighted by molar-refractivity contribution is -0.116. The van der Waals surface area contributed by atoms with Gasteiger partial charge < -0.3 is 15.5 Å². The van der Waals surface area contributed by atoms with Gasteiger partial charge in [0.15, 0.2) is 11.5 Å². The van der Waals surface area contributed by atoms with Crippen molar-refractivity contribution in [2.24, 2.45) is 5.73 Å². The lowest BCUT2D eigenvalue weighted by Gasteiger charge is -2.03. The molecule has 0 bridgehead atoms. The molecule has 1 amide bonds. The third-order valence-corrected chi connectivity index (χ3v) is 2.39. The van der Waals surface area contributed by atoms with Crippen LogP contribution in [0.5, 0.6) is 0 Å². The molecule has 0 aliphatic heterocycles. The molecule has 0 radical (unpaired) electrons. The zero-order chi connectivity index (χ0) is 12.3. The number of fused-ring (bicyclic) bond motifs is 1. The molecule has 0 spiro atoms. The Morgan fingerprint density at radius 2 is 2.16 bits per heavy atom. The SMILES string of the molecule is Cc1nc2cc(NC(=O)CCCN)ccc2o1.Cl.Cl. The molecule has 0 unspecified atom stereocenters. The van der Waals surface area contributed by atoms with Gasteiger partial charge in [-0.25, -0.2) is 4.98 Å². The number of hydrogen-bond acceptors (Lipinski definition) is 4. The van der Waals surface area contributed by atoms with Crippen molar-refractivity contribution < 1.29 is 9.21 Å². The minimum atomic E-state index is -0.0324. The van der Waals surface area contributed by atoms with Gasteiger partial charge >= 0.3 is 0 Å². The van der Waals surface area contributed by atoms with Crippen LogP contribution in [0.1, 0.15) is 18.7 Å². The number of benzene rings is 1. The standard InChI is InChI=1S/C12H15N3O2.2ClH/c1-8-14-10-7-9(4-5-11(10)17-8)15-12(16)3-2-6-13;;/h4-5,7H,2-3,6,13H2,1H3,(H,15,16);2*1H. The van der Waals surface area contributed by atoms with E-state index < -0.39 is 0 Å². The van der Waals surface area contributed by atoms with Crippen molar-refractivity contribution in [3.63, 3.8) is 0 Å². The van der Waals surface area contributed by atoms with E-state index in [2.05, 4.69) is 10.3 Å². The number of rotatable bonds is 4. The summed E-state index contributed by atoms with van der Waals surface area (Å²) in [5, 5.41) is 2.80. The van der Waals surface area contributed by atoms with Crippen molar-refractivity contribution in [2.45, 2.75) is 19.8 Å². The molecule has 0 fully saturated rings. The van der Waals surface area contributed by atoms with Crippen LogP contribution >= 0.6 is 24.8 Å². The topological polar surface area (TPSA) is 81.2 Å². The van der Waals surface area contributed by atoms with Crippen molar-refractivity contribution in [1.82, 2.24) is 4.98 Å². The highest BCUT2D eigenvalue weighted by Crippen LogP contribution is 2.19. The molecule has 0 aliphatic rings. The lowest BCUT2D eigenvalue weighted by Crippen LogP contribution is -2.13. The first-order chi connectivity index (χ1) is 8.19. The Morgan fingerprint density at radius 3 is 2.84 bits per heavy atom. The fraction of sp³-hybridized carbons (Fsp3) is 0.333. The van der Waals surface area contributed by atoms with E-state index in [1.54, 1.807) is 25.1 Å². The van der Waals surface area contributed by atoms with Crippen LogP contribution < -0.4 is 11.1 Å². The van der Waals surface area contributed by atoms with Crippen LogP contribution in [-0.2, 0) is 4.79 Å². The van der Waals surface area contributed by atoms with Crippen LogP contribution in [-0.4, -0.2) is 17.4 Å². The van der Waals surface area contributed by atoms with Gasteiger partial charge in [-0.15, -0.1) is 24.8 Å². The number of carbonyl (C=O) groups is 1. The molecule has 3 N–H and O–H groups in total. The van der Waals surface area contributed by atoms with E-state index in [0.717, 1.165) is 16.8 Å². The van der Waals surface area contributed by atoms with E-state index in [-0.39, 0.29) is 30.7 Å². The first kappa shape index (κ1) is 17.7. The average molecular weight is 306 g/mol. The summed E-state index contributed by atoms with van der Waals surface area (Å²) >= 11 is 0. The average Bonchev–Trinajstić information content (AvgIpc) is 2.65. The summed E-state index contributed by atoms with van der Waals surface area (Å²) in [6.07, 6.45) is 1.13. The highest BCUT2D eigenvalue weighted by Gasteiger charge is 2.05. The maximum absolute atomic E-state index is 11.5. The number of halogens is 2. The van der Waals surface area contributed by atoms with Crippen LogP contribution in [0.2, 0.25) is 0 Å². The quantitative estimate of drug-likeness (QED) is 0.910. The van der Waals surface area contributed by atoms with Crippen molar-refractivity contribution >= 4 is 47.5 Å². The highest BCUT2D eigenvalue weighted by atomic mass is 35.5. The van der Waals surface area contributed by atoms with Crippen molar-refractivity contribution in [3.05, 3.63) is 24.1 Å². The van der Waals surface area contributed by atoms with E-state index in [1.165, 1.54) is 0 Å². The van der Waals surface area contributed by atoms with E-state index in [9.17, 15) is 4.79 Å². The summed E-state index contributed by atoms with van der Waals surface area (Å²) in [4.78, 5) is 15.7. The number of amides is 1. The maximum Gasteiger partial charge on any atom is 0.224 e. The molecule has 0 saturated carbocycles. The number of carbonyl (C=O) groups excluding carboxylic acids is 1. The van der Waals surface area contributed by atoms with Gasteiger partial charge in [0.25, 0.3) is 0 Å². The lowest BCUT2D eigenvalue weighted by atomic mass is 10.2. The van der Waals surface area contributed by atoms with Crippen molar-refractivity contribution in [2.75, 3.05) is 11.9 Å². The van der Waals surface area contributed by atoms with Gasteiger partial charge in [-0.2, -0.15) is 0 Å². The largest absolute Gasteiger partial charge is 0.441 e. The predicted octanol–water partition coefficient (Wildman–Crippen LogP) is 2.66. The van der Waals surface area contributed by atoms with E-state index >= 15 is 0 Å². The molecule has 19 heavy (non-hydrogen) atoms. The molecule has 5 nitrogen and oxygen atoms in total. The third kappa shape index (κ3) is 4.70. The molecule has 2 aromatic rings. The fourth-order valence-electron chi connectivity index (χ4n) is 1.61. The van der Waals surface area contributed by atoms with Gasteiger partial charge in [0.1, 0.15) is 5.52 Å². The minimum Gasteiger partial charge on any atom is -0.441 e. The van der Waals surface area contributed by atoms with E-state index in [4.69, 9.17) is 10.2 Å². The molecule has 0 aliphatic carbocycles. The second-order valence-electron chi connectivity index (χ2n) is 3.86. The minimum absolute atomic E-state index is 0. The maximum atomic E-state index is 11.5. The molecule has 1 heterocycles. The van der Waals surface area contributed by atoms with E-state index in [0.29, 0.717) is 25.3 Å². The zero-order valence-electron chi connectivity index (χ0n) is 10.5. The number of nitrogens with zero attached hydrogens (tertiary/aromatic N) is 1. The van der Waals surface area contributed by atoms with E-state index in [1.807, 2.05) is 0 Å². The van der Waals surface area contributed by atoms with Crippen LogP contribution in [0, 0.1) is 6.92 Å². The van der Waals surface area contributed by atoms with Gasteiger partial charge in [-0.3, -0.25) is 4.79 Å². The first-order valence-corrected chi connectivity index (χ1v) is 5.56. The number of oxazole rings is 1. The normalized spacial score (nSPS) is 9.58. The Labute approximate surface area is 123 Å². The molecule has 1 aromatic heterocycles. The van der Waals surface area contributed by atoms with Gasteiger partial charge in [0, 0.05) is 19.0 Å². The molecular formula is C12H17Cl2N3O2. The third-order valence-electron chi connectivity index (χ3n) is 2.39. The number of aromatic nitrogens is 1. The zero-order valence-corrected chi connectivity index (χ0v) is 12.1. The molecule has 0 atom stereocenters. The molecule has 106 valence electrons. The van der Waals surface area contributed by atoms with Gasteiger partial charge in [-0.05, 0) is 31.2 Å². The van der Waals surface area contributed by atoms with Crippen molar-refractivity contribution in [1.29, 1.82) is 0 Å². The summed E-state index contributed by atoms with van der Waals surface area (Å²) in [6.45, 7) is 2.31. The highest BCUT2D eigenvalue weighted by molar-refractivity contribution is 5.92. The number of anilines is 1. The number of hydrogen-bond donors (Lipinski definition) is 2. The summed E-state index contributed by atoms with van der Waals surface area (Å²) in [6, 6.07) is 5.40. The second kappa shape index (κ2) is 7.99. The Balaban J connectivity index is 0.00000162. The van der Waals surface area contributed by atoms with Crippen LogP contribution in [0.4, 0.5) is 5.69 Å². The molecule has 1 aromatic carbocycles. The first-order valence-electron chi connectivity index (χ1n) is 5.56. The van der Waals surface area contributed by atoms with Gasteiger partial charge in [0.2, 0.25) is 5.91 Å². The number of nitrogens with one attached hydrogen (secondary N) is 1. The Bertz CT molecular complexity index is 543. The summed E-state index contributed by atoms with van der Waals surface area (Å²) in [5.74, 6) is 0.585. The molecular weight excluding hydrogens is 289 g/mol. The molecule has 0 saturated heterocycles. The van der Waals surface area contributed by atoms with Crippen LogP contribution in [0.15, 0.2) is 22.6 Å². The smallest absolute Gasteiger partial charge is 0.224 e. The Hall–Kier alpha value is -1.30. The van der Waals surface area contributed by atoms with Crippen LogP contribution in [0.3, 0.4) is 0 Å². The second-order valence-corrected chi connectivity index (χ2v) is 3.86. The number of nitrogens with two attached hydrogens (primary N) is 1. The summed E-state index contributed by atoms with van der Waals surface area (Å²) in [5.41, 5.74) is 7.55. The Morgan fingerprint density at radius 1 is 1.42 bits per heavy atom. The Kier molecular flexibility index (Phi) is 7.44. The summed E-state index contributed by atoms with van der Waals surface area (Å²) < 4.78 is 5.35. The predicted molar refractivity (Wildman–Crippen MR) is 80.2 cm³/mol.